The number of amides is 1. The van der Waals surface area contributed by atoms with Crippen LogP contribution in [-0.2, 0) is 9.53 Å². The van der Waals surface area contributed by atoms with Gasteiger partial charge in [-0.1, -0.05) is 29.2 Å². The van der Waals surface area contributed by atoms with E-state index in [1.54, 1.807) is 22.6 Å². The molecule has 0 aliphatic carbocycles. The number of hydrogen-bond acceptors (Lipinski definition) is 10. The molecular weight excluding hydrogens is 442 g/mol. The number of morpholine rings is 1. The summed E-state index contributed by atoms with van der Waals surface area (Å²) in [4.78, 5) is 16.3. The third kappa shape index (κ3) is 4.15. The van der Waals surface area contributed by atoms with Gasteiger partial charge in [0.15, 0.2) is 4.34 Å². The van der Waals surface area contributed by atoms with Gasteiger partial charge in [0.1, 0.15) is 11.5 Å². The van der Waals surface area contributed by atoms with E-state index < -0.39 is 0 Å². The van der Waals surface area contributed by atoms with Gasteiger partial charge in [0.25, 0.3) is 5.91 Å². The highest BCUT2D eigenvalue weighted by Gasteiger charge is 2.34. The summed E-state index contributed by atoms with van der Waals surface area (Å²) in [6.07, 6.45) is 2.27. The molecule has 0 bridgehead atoms. The van der Waals surface area contributed by atoms with Crippen molar-refractivity contribution >= 4 is 51.2 Å². The normalized spacial score (nSPS) is 19.3. The van der Waals surface area contributed by atoms with Crippen LogP contribution in [0.5, 0.6) is 0 Å². The second kappa shape index (κ2) is 8.88. The van der Waals surface area contributed by atoms with Crippen LogP contribution < -0.4 is 4.90 Å². The monoisotopic (exact) mass is 461 g/mol. The van der Waals surface area contributed by atoms with Gasteiger partial charge in [-0.3, -0.25) is 4.79 Å². The van der Waals surface area contributed by atoms with Crippen LogP contribution in [0.25, 0.3) is 0 Å². The van der Waals surface area contributed by atoms with E-state index in [1.165, 1.54) is 23.1 Å². The van der Waals surface area contributed by atoms with E-state index in [-0.39, 0.29) is 17.7 Å². The maximum Gasteiger partial charge on any atom is 0.253 e. The fourth-order valence-electron chi connectivity index (χ4n) is 3.37. The van der Waals surface area contributed by atoms with E-state index in [9.17, 15) is 4.79 Å². The van der Waals surface area contributed by atoms with Gasteiger partial charge >= 0.3 is 0 Å². The number of carbonyl (C=O) groups is 1. The van der Waals surface area contributed by atoms with Crippen LogP contribution >= 0.6 is 34.4 Å². The van der Waals surface area contributed by atoms with Gasteiger partial charge in [-0.25, -0.2) is 5.01 Å². The number of hydrazone groups is 1. The van der Waals surface area contributed by atoms with Crippen molar-refractivity contribution < 1.29 is 13.9 Å². The second-order valence-electron chi connectivity index (χ2n) is 6.74. The Morgan fingerprint density at radius 1 is 1.23 bits per heavy atom. The van der Waals surface area contributed by atoms with Crippen molar-refractivity contribution in [3.05, 3.63) is 46.5 Å². The van der Waals surface area contributed by atoms with Crippen molar-refractivity contribution in [2.45, 2.75) is 16.8 Å². The van der Waals surface area contributed by atoms with Gasteiger partial charge in [-0.05, 0) is 23.6 Å². The van der Waals surface area contributed by atoms with Gasteiger partial charge in [0, 0.05) is 24.4 Å². The van der Waals surface area contributed by atoms with Gasteiger partial charge in [-0.2, -0.15) is 5.10 Å². The number of aromatic nitrogens is 2. The number of anilines is 1. The van der Waals surface area contributed by atoms with Gasteiger partial charge in [0.2, 0.25) is 5.13 Å². The minimum atomic E-state index is -0.100. The van der Waals surface area contributed by atoms with Crippen molar-refractivity contribution in [2.24, 2.45) is 5.10 Å². The predicted molar refractivity (Wildman–Crippen MR) is 117 cm³/mol. The quantitative estimate of drug-likeness (QED) is 0.520. The van der Waals surface area contributed by atoms with Crippen LogP contribution in [0.2, 0.25) is 0 Å². The largest absolute Gasteiger partial charge is 0.463 e. The Morgan fingerprint density at radius 2 is 2.13 bits per heavy atom. The zero-order valence-corrected chi connectivity index (χ0v) is 18.4. The number of nitrogens with zero attached hydrogens (tertiary/aromatic N) is 5. The van der Waals surface area contributed by atoms with Gasteiger partial charge in [0.05, 0.1) is 31.3 Å². The van der Waals surface area contributed by atoms with Crippen molar-refractivity contribution in [3.63, 3.8) is 0 Å². The molecule has 11 heteroatoms. The van der Waals surface area contributed by atoms with Crippen molar-refractivity contribution in [2.75, 3.05) is 37.0 Å². The molecule has 0 radical (unpaired) electrons. The molecule has 1 atom stereocenters. The van der Waals surface area contributed by atoms with E-state index in [2.05, 4.69) is 20.2 Å². The Hall–Kier alpha value is -2.21. The molecule has 3 aromatic rings. The molecule has 5 rings (SSSR count). The standard InChI is InChI=1S/C19H19N5O3S3/c25-17(12-29-19-21-20-18(30-19)23-5-8-26-9-6-23)24-14(16-4-2-10-28-16)11-13(22-24)15-3-1-7-27-15/h1-4,7,10,14H,5-6,8-9,11-12H2. The first-order chi connectivity index (χ1) is 14.8. The molecule has 3 aromatic heterocycles. The molecule has 30 heavy (non-hydrogen) atoms. The van der Waals surface area contributed by atoms with Crippen molar-refractivity contribution in [3.8, 4) is 0 Å². The second-order valence-corrected chi connectivity index (χ2v) is 9.89. The lowest BCUT2D eigenvalue weighted by Gasteiger charge is -2.25. The molecule has 1 fully saturated rings. The SMILES string of the molecule is O=C(CSc1nnc(N2CCOCC2)s1)N1N=C(c2ccco2)CC1c1cccs1. The molecule has 2 aliphatic rings. The molecule has 1 saturated heterocycles. The fraction of sp³-hybridized carbons (Fsp3) is 0.368. The van der Waals surface area contributed by atoms with E-state index in [4.69, 9.17) is 9.15 Å². The summed E-state index contributed by atoms with van der Waals surface area (Å²) >= 11 is 4.55. The van der Waals surface area contributed by atoms with Crippen LogP contribution in [0.1, 0.15) is 23.1 Å². The Balaban J connectivity index is 1.27. The summed E-state index contributed by atoms with van der Waals surface area (Å²) in [5, 5.41) is 17.6. The number of ether oxygens (including phenoxy) is 1. The zero-order chi connectivity index (χ0) is 20.3. The lowest BCUT2D eigenvalue weighted by atomic mass is 10.1. The number of rotatable bonds is 6. The minimum Gasteiger partial charge on any atom is -0.463 e. The lowest BCUT2D eigenvalue weighted by molar-refractivity contribution is -0.130. The highest BCUT2D eigenvalue weighted by Crippen LogP contribution is 2.36. The van der Waals surface area contributed by atoms with Crippen LogP contribution in [-0.4, -0.2) is 58.9 Å². The molecule has 0 aromatic carbocycles. The molecule has 156 valence electrons. The molecule has 5 heterocycles. The zero-order valence-electron chi connectivity index (χ0n) is 16.0. The lowest BCUT2D eigenvalue weighted by Crippen LogP contribution is -2.36. The summed E-state index contributed by atoms with van der Waals surface area (Å²) in [6, 6.07) is 7.65. The third-order valence-electron chi connectivity index (χ3n) is 4.84. The number of thiophene rings is 1. The molecule has 2 aliphatic heterocycles. The molecule has 0 spiro atoms. The molecular formula is C19H19N5O3S3. The predicted octanol–water partition coefficient (Wildman–Crippen LogP) is 3.50. The van der Waals surface area contributed by atoms with E-state index in [1.807, 2.05) is 29.6 Å². The molecule has 0 saturated carbocycles. The van der Waals surface area contributed by atoms with Crippen LogP contribution in [0.4, 0.5) is 5.13 Å². The maximum atomic E-state index is 13.0. The first-order valence-corrected chi connectivity index (χ1v) is 12.2. The summed E-state index contributed by atoms with van der Waals surface area (Å²) in [5.41, 5.74) is 0.794. The summed E-state index contributed by atoms with van der Waals surface area (Å²) in [7, 11) is 0. The van der Waals surface area contributed by atoms with Crippen molar-refractivity contribution in [1.29, 1.82) is 0 Å². The maximum absolute atomic E-state index is 13.0. The summed E-state index contributed by atoms with van der Waals surface area (Å²) < 4.78 is 11.7. The Bertz CT molecular complexity index is 1010. The first-order valence-electron chi connectivity index (χ1n) is 9.54. The highest BCUT2D eigenvalue weighted by molar-refractivity contribution is 8.01. The summed E-state index contributed by atoms with van der Waals surface area (Å²) in [6.45, 7) is 3.04. The summed E-state index contributed by atoms with van der Waals surface area (Å²) in [5.74, 6) is 0.913. The molecule has 0 N–H and O–H groups in total. The van der Waals surface area contributed by atoms with Crippen molar-refractivity contribution in [1.82, 2.24) is 15.2 Å². The van der Waals surface area contributed by atoms with Crippen LogP contribution in [0.15, 0.2) is 49.8 Å². The highest BCUT2D eigenvalue weighted by atomic mass is 32.2. The molecule has 8 nitrogen and oxygen atoms in total. The van der Waals surface area contributed by atoms with E-state index >= 15 is 0 Å². The topological polar surface area (TPSA) is 84.1 Å². The fourth-order valence-corrected chi connectivity index (χ4v) is 5.92. The smallest absolute Gasteiger partial charge is 0.253 e. The van der Waals surface area contributed by atoms with Crippen LogP contribution in [0, 0.1) is 0 Å². The average Bonchev–Trinajstić information content (AvgIpc) is 3.57. The van der Waals surface area contributed by atoms with Gasteiger partial charge < -0.3 is 14.1 Å². The number of thioether (sulfide) groups is 1. The first kappa shape index (κ1) is 19.7. The minimum absolute atomic E-state index is 0.0527. The van der Waals surface area contributed by atoms with E-state index in [0.29, 0.717) is 25.4 Å². The number of furan rings is 1. The van der Waals surface area contributed by atoms with E-state index in [0.717, 1.165) is 33.1 Å². The Labute approximate surface area is 185 Å². The Morgan fingerprint density at radius 3 is 2.90 bits per heavy atom. The number of carbonyl (C=O) groups excluding carboxylic acids is 1. The molecule has 1 unspecified atom stereocenters. The van der Waals surface area contributed by atoms with Crippen LogP contribution in [0.3, 0.4) is 0 Å². The number of hydrogen-bond donors (Lipinski definition) is 0. The van der Waals surface area contributed by atoms with Gasteiger partial charge in [-0.15, -0.1) is 21.5 Å². The average molecular weight is 462 g/mol. The third-order valence-corrected chi connectivity index (χ3v) is 7.92. The molecule has 1 amide bonds. The Kier molecular flexibility index (Phi) is 5.84.